The number of oxazole rings is 1. The molecule has 24 heavy (non-hydrogen) atoms. The van der Waals surface area contributed by atoms with E-state index < -0.39 is 0 Å². The van der Waals surface area contributed by atoms with Crippen LogP contribution in [0.5, 0.6) is 0 Å². The molecule has 0 atom stereocenters. The highest BCUT2D eigenvalue weighted by Crippen LogP contribution is 2.30. The van der Waals surface area contributed by atoms with Gasteiger partial charge >= 0.3 is 0 Å². The topological polar surface area (TPSA) is 80.2 Å². The molecule has 1 aliphatic heterocycles. The zero-order valence-electron chi connectivity index (χ0n) is 13.1. The minimum Gasteiger partial charge on any atom is -0.447 e. The number of hydrogen-bond donors (Lipinski definition) is 2. The number of hydrogen-bond acceptors (Lipinski definition) is 6. The summed E-state index contributed by atoms with van der Waals surface area (Å²) in [6, 6.07) is 7.97. The van der Waals surface area contributed by atoms with Crippen molar-refractivity contribution < 1.29 is 4.42 Å². The first kappa shape index (κ1) is 15.4. The van der Waals surface area contributed by atoms with Gasteiger partial charge in [-0.2, -0.15) is 0 Å². The van der Waals surface area contributed by atoms with Crippen LogP contribution in [0.4, 0.5) is 5.82 Å². The van der Waals surface area contributed by atoms with Crippen molar-refractivity contribution in [2.45, 2.75) is 6.54 Å². The van der Waals surface area contributed by atoms with Crippen LogP contribution in [0, 0.1) is 0 Å². The summed E-state index contributed by atoms with van der Waals surface area (Å²) in [6.45, 7) is 4.01. The molecule has 0 bridgehead atoms. The van der Waals surface area contributed by atoms with E-state index in [1.165, 1.54) is 0 Å². The Morgan fingerprint density at radius 1 is 1.21 bits per heavy atom. The summed E-state index contributed by atoms with van der Waals surface area (Å²) in [6.07, 6.45) is 1.62. The minimum atomic E-state index is 0.287. The molecular formula is C17H18ClN5O. The average molecular weight is 344 g/mol. The second-order valence-corrected chi connectivity index (χ2v) is 6.18. The Labute approximate surface area is 144 Å². The van der Waals surface area contributed by atoms with Crippen LogP contribution in [0.1, 0.15) is 5.89 Å². The maximum Gasteiger partial charge on any atom is 0.208 e. The van der Waals surface area contributed by atoms with E-state index in [-0.39, 0.29) is 6.54 Å². The fourth-order valence-corrected chi connectivity index (χ4v) is 3.21. The summed E-state index contributed by atoms with van der Waals surface area (Å²) in [5.41, 5.74) is 8.18. The molecule has 4 rings (SSSR count). The highest BCUT2D eigenvalue weighted by molar-refractivity contribution is 6.33. The summed E-state index contributed by atoms with van der Waals surface area (Å²) >= 11 is 6.49. The predicted octanol–water partition coefficient (Wildman–Crippen LogP) is 2.41. The fraction of sp³-hybridized carbons (Fsp3) is 0.294. The van der Waals surface area contributed by atoms with Gasteiger partial charge in [0.2, 0.25) is 5.89 Å². The van der Waals surface area contributed by atoms with Crippen molar-refractivity contribution in [2.75, 3.05) is 31.1 Å². The van der Waals surface area contributed by atoms with Crippen molar-refractivity contribution in [3.05, 3.63) is 41.4 Å². The first-order valence-corrected chi connectivity index (χ1v) is 8.33. The van der Waals surface area contributed by atoms with E-state index in [0.717, 1.165) is 54.2 Å². The largest absolute Gasteiger partial charge is 0.447 e. The summed E-state index contributed by atoms with van der Waals surface area (Å²) < 4.78 is 5.31. The number of nitrogens with two attached hydrogens (primary N) is 1. The lowest BCUT2D eigenvalue weighted by atomic mass is 10.1. The van der Waals surface area contributed by atoms with Crippen LogP contribution in [0.3, 0.4) is 0 Å². The third-order valence-electron chi connectivity index (χ3n) is 4.19. The number of nitrogens with zero attached hydrogens (tertiary/aromatic N) is 3. The molecule has 0 spiro atoms. The zero-order chi connectivity index (χ0) is 16.5. The highest BCUT2D eigenvalue weighted by Gasteiger charge is 2.16. The summed E-state index contributed by atoms with van der Waals surface area (Å²) in [5.74, 6) is 1.38. The molecule has 3 N–H and O–H groups in total. The van der Waals surface area contributed by atoms with Gasteiger partial charge in [0, 0.05) is 37.1 Å². The SMILES string of the molecule is NCc1nc(-c2ccc3nc(N4CCNCC4)c(Cl)cc3c2)co1. The third-order valence-corrected chi connectivity index (χ3v) is 4.47. The lowest BCUT2D eigenvalue weighted by Gasteiger charge is -2.29. The molecule has 1 aromatic carbocycles. The van der Waals surface area contributed by atoms with Gasteiger partial charge in [0.25, 0.3) is 0 Å². The van der Waals surface area contributed by atoms with Crippen molar-refractivity contribution in [1.29, 1.82) is 0 Å². The maximum absolute atomic E-state index is 6.49. The molecule has 7 heteroatoms. The van der Waals surface area contributed by atoms with Gasteiger partial charge in [-0.25, -0.2) is 9.97 Å². The molecule has 124 valence electrons. The number of nitrogens with one attached hydrogen (secondary N) is 1. The fourth-order valence-electron chi connectivity index (χ4n) is 2.94. The van der Waals surface area contributed by atoms with E-state index in [1.54, 1.807) is 6.26 Å². The second-order valence-electron chi connectivity index (χ2n) is 5.77. The van der Waals surface area contributed by atoms with Crippen LogP contribution in [0.2, 0.25) is 5.02 Å². The second kappa shape index (κ2) is 6.39. The molecule has 6 nitrogen and oxygen atoms in total. The maximum atomic E-state index is 6.49. The van der Waals surface area contributed by atoms with Crippen molar-refractivity contribution in [2.24, 2.45) is 5.73 Å². The monoisotopic (exact) mass is 343 g/mol. The number of rotatable bonds is 3. The number of anilines is 1. The standard InChI is InChI=1S/C17H18ClN5O/c18-13-8-12-7-11(15-10-24-16(9-19)21-15)1-2-14(12)22-17(13)23-5-3-20-4-6-23/h1-2,7-8,10,20H,3-6,9,19H2. The Bertz CT molecular complexity index is 873. The summed E-state index contributed by atoms with van der Waals surface area (Å²) in [4.78, 5) is 11.3. The number of piperazine rings is 1. The van der Waals surface area contributed by atoms with Crippen LogP contribution < -0.4 is 16.0 Å². The molecule has 1 fully saturated rings. The summed E-state index contributed by atoms with van der Waals surface area (Å²) in [7, 11) is 0. The number of fused-ring (bicyclic) bond motifs is 1. The number of pyridine rings is 1. The van der Waals surface area contributed by atoms with Gasteiger partial charge < -0.3 is 20.4 Å². The Morgan fingerprint density at radius 2 is 2.04 bits per heavy atom. The van der Waals surface area contributed by atoms with E-state index in [4.69, 9.17) is 26.7 Å². The Balaban J connectivity index is 1.72. The molecular weight excluding hydrogens is 326 g/mol. The number of aromatic nitrogens is 2. The van der Waals surface area contributed by atoms with E-state index in [0.29, 0.717) is 10.9 Å². The van der Waals surface area contributed by atoms with Crippen molar-refractivity contribution in [1.82, 2.24) is 15.3 Å². The van der Waals surface area contributed by atoms with Crippen LogP contribution >= 0.6 is 11.6 Å². The normalized spacial score (nSPS) is 15.2. The van der Waals surface area contributed by atoms with Crippen molar-refractivity contribution in [3.63, 3.8) is 0 Å². The molecule has 0 aliphatic carbocycles. The van der Waals surface area contributed by atoms with Crippen LogP contribution in [0.25, 0.3) is 22.2 Å². The van der Waals surface area contributed by atoms with E-state index >= 15 is 0 Å². The first-order valence-electron chi connectivity index (χ1n) is 7.95. The molecule has 0 saturated carbocycles. The number of benzene rings is 1. The third kappa shape index (κ3) is 2.84. The quantitative estimate of drug-likeness (QED) is 0.760. The van der Waals surface area contributed by atoms with Gasteiger partial charge in [-0.1, -0.05) is 17.7 Å². The van der Waals surface area contributed by atoms with Crippen LogP contribution in [-0.2, 0) is 6.54 Å². The van der Waals surface area contributed by atoms with Crippen molar-refractivity contribution in [3.8, 4) is 11.3 Å². The lowest BCUT2D eigenvalue weighted by Crippen LogP contribution is -2.44. The smallest absolute Gasteiger partial charge is 0.208 e. The van der Waals surface area contributed by atoms with Crippen LogP contribution in [-0.4, -0.2) is 36.1 Å². The predicted molar refractivity (Wildman–Crippen MR) is 95.2 cm³/mol. The Hall–Kier alpha value is -2.15. The van der Waals surface area contributed by atoms with E-state index in [2.05, 4.69) is 15.2 Å². The van der Waals surface area contributed by atoms with E-state index in [9.17, 15) is 0 Å². The molecule has 2 aromatic heterocycles. The molecule has 0 amide bonds. The molecule has 0 unspecified atom stereocenters. The molecule has 3 heterocycles. The van der Waals surface area contributed by atoms with Gasteiger partial charge in [-0.3, -0.25) is 0 Å². The Morgan fingerprint density at radius 3 is 2.79 bits per heavy atom. The summed E-state index contributed by atoms with van der Waals surface area (Å²) in [5, 5.41) is 4.99. The lowest BCUT2D eigenvalue weighted by molar-refractivity contribution is 0.498. The molecule has 1 saturated heterocycles. The van der Waals surface area contributed by atoms with Gasteiger partial charge in [-0.15, -0.1) is 0 Å². The molecule has 3 aromatic rings. The number of halogens is 1. The molecule has 1 aliphatic rings. The van der Waals surface area contributed by atoms with Gasteiger partial charge in [0.05, 0.1) is 17.1 Å². The van der Waals surface area contributed by atoms with Crippen LogP contribution in [0.15, 0.2) is 34.9 Å². The average Bonchev–Trinajstić information content (AvgIpc) is 3.10. The van der Waals surface area contributed by atoms with E-state index in [1.807, 2.05) is 24.3 Å². The minimum absolute atomic E-state index is 0.287. The van der Waals surface area contributed by atoms with Gasteiger partial charge in [-0.05, 0) is 18.2 Å². The zero-order valence-corrected chi connectivity index (χ0v) is 13.9. The Kier molecular flexibility index (Phi) is 4.10. The van der Waals surface area contributed by atoms with Gasteiger partial charge in [0.15, 0.2) is 0 Å². The molecule has 0 radical (unpaired) electrons. The van der Waals surface area contributed by atoms with Crippen molar-refractivity contribution >= 4 is 28.3 Å². The van der Waals surface area contributed by atoms with Gasteiger partial charge in [0.1, 0.15) is 17.8 Å². The highest BCUT2D eigenvalue weighted by atomic mass is 35.5. The first-order chi connectivity index (χ1) is 11.7.